The number of para-hydroxylation sites is 1. The predicted octanol–water partition coefficient (Wildman–Crippen LogP) is 2.75. The molecule has 22 heavy (non-hydrogen) atoms. The first-order chi connectivity index (χ1) is 10.5. The van der Waals surface area contributed by atoms with Crippen molar-refractivity contribution in [3.63, 3.8) is 0 Å². The van der Waals surface area contributed by atoms with E-state index in [1.807, 2.05) is 0 Å². The zero-order chi connectivity index (χ0) is 15.5. The molecule has 4 nitrogen and oxygen atoms in total. The van der Waals surface area contributed by atoms with E-state index in [1.54, 1.807) is 0 Å². The van der Waals surface area contributed by atoms with E-state index in [2.05, 4.69) is 47.7 Å². The number of rotatable bonds is 1. The smallest absolute Gasteiger partial charge is 0.308 e. The maximum absolute atomic E-state index is 11.9. The number of piperidine rings is 1. The largest absolute Gasteiger partial charge is 0.481 e. The minimum absolute atomic E-state index is 0.330. The van der Waals surface area contributed by atoms with Gasteiger partial charge in [0.1, 0.15) is 0 Å². The van der Waals surface area contributed by atoms with Crippen LogP contribution in [0.3, 0.4) is 0 Å². The molecule has 3 heterocycles. The van der Waals surface area contributed by atoms with Crippen LogP contribution in [0.1, 0.15) is 31.0 Å². The van der Waals surface area contributed by atoms with Gasteiger partial charge in [0.05, 0.1) is 11.5 Å². The van der Waals surface area contributed by atoms with Crippen LogP contribution in [0, 0.1) is 5.92 Å². The van der Waals surface area contributed by atoms with E-state index in [0.717, 1.165) is 32.4 Å². The normalized spacial score (nSPS) is 28.4. The third-order valence-electron chi connectivity index (χ3n) is 5.88. The Balaban J connectivity index is 2.02. The van der Waals surface area contributed by atoms with Gasteiger partial charge in [-0.25, -0.2) is 0 Å². The van der Waals surface area contributed by atoms with Crippen molar-refractivity contribution in [1.29, 1.82) is 0 Å². The van der Waals surface area contributed by atoms with E-state index in [-0.39, 0.29) is 5.92 Å². The van der Waals surface area contributed by atoms with E-state index < -0.39 is 11.5 Å². The van der Waals surface area contributed by atoms with Gasteiger partial charge in [0.25, 0.3) is 0 Å². The number of carboxylic acids is 1. The fraction of sp³-hybridized carbons (Fsp3) is 0.500. The fourth-order valence-electron chi connectivity index (χ4n) is 4.86. The summed E-state index contributed by atoms with van der Waals surface area (Å²) >= 11 is 0. The number of nitrogens with zero attached hydrogens (tertiary/aromatic N) is 2. The minimum atomic E-state index is -0.662. The molecule has 0 saturated carbocycles. The number of aromatic nitrogens is 1. The summed E-state index contributed by atoms with van der Waals surface area (Å²) in [4.78, 5) is 14.3. The van der Waals surface area contributed by atoms with Gasteiger partial charge in [-0.3, -0.25) is 9.69 Å². The first-order valence-electron chi connectivity index (χ1n) is 8.09. The van der Waals surface area contributed by atoms with Gasteiger partial charge in [0, 0.05) is 30.2 Å². The topological polar surface area (TPSA) is 45.5 Å². The minimum Gasteiger partial charge on any atom is -0.481 e. The molecular formula is C18H22N2O2. The Hall–Kier alpha value is -1.81. The number of benzene rings is 1. The van der Waals surface area contributed by atoms with Gasteiger partial charge in [-0.2, -0.15) is 0 Å². The summed E-state index contributed by atoms with van der Waals surface area (Å²) in [6.45, 7) is 4.10. The lowest BCUT2D eigenvalue weighted by Crippen LogP contribution is -2.58. The highest BCUT2D eigenvalue weighted by atomic mass is 16.4. The van der Waals surface area contributed by atoms with Crippen LogP contribution < -0.4 is 0 Å². The van der Waals surface area contributed by atoms with Gasteiger partial charge in [0.15, 0.2) is 0 Å². The molecule has 1 N–H and O–H groups in total. The van der Waals surface area contributed by atoms with Crippen LogP contribution in [0.25, 0.3) is 10.9 Å². The van der Waals surface area contributed by atoms with Crippen molar-refractivity contribution in [2.24, 2.45) is 13.0 Å². The van der Waals surface area contributed by atoms with E-state index in [9.17, 15) is 9.90 Å². The predicted molar refractivity (Wildman–Crippen MR) is 85.9 cm³/mol. The lowest BCUT2D eigenvalue weighted by atomic mass is 9.72. The summed E-state index contributed by atoms with van der Waals surface area (Å²) < 4.78 is 2.23. The van der Waals surface area contributed by atoms with E-state index in [4.69, 9.17) is 0 Å². The van der Waals surface area contributed by atoms with Gasteiger partial charge >= 0.3 is 5.97 Å². The Kier molecular flexibility index (Phi) is 2.89. The molecule has 2 atom stereocenters. The third-order valence-corrected chi connectivity index (χ3v) is 5.88. The quantitative estimate of drug-likeness (QED) is 0.880. The SMILES string of the molecule is Cn1c2c(c3ccccc31)CCN1CCCC(C(=O)O)C21C. The molecule has 2 unspecified atom stereocenters. The molecule has 2 aliphatic heterocycles. The molecule has 0 spiro atoms. The number of carbonyl (C=O) groups is 1. The van der Waals surface area contributed by atoms with Crippen LogP contribution in [0.2, 0.25) is 0 Å². The molecule has 1 aromatic carbocycles. The number of fused-ring (bicyclic) bond motifs is 5. The van der Waals surface area contributed by atoms with E-state index in [0.29, 0.717) is 0 Å². The second-order valence-electron chi connectivity index (χ2n) is 6.82. The molecule has 4 rings (SSSR count). The molecule has 1 fully saturated rings. The monoisotopic (exact) mass is 298 g/mol. The molecule has 0 aliphatic carbocycles. The summed E-state index contributed by atoms with van der Waals surface area (Å²) in [7, 11) is 2.09. The Morgan fingerprint density at radius 3 is 2.86 bits per heavy atom. The molecule has 1 aromatic heterocycles. The van der Waals surface area contributed by atoms with E-state index in [1.165, 1.54) is 22.2 Å². The summed E-state index contributed by atoms with van der Waals surface area (Å²) in [5, 5.41) is 11.1. The fourth-order valence-corrected chi connectivity index (χ4v) is 4.86. The molecule has 0 bridgehead atoms. The number of hydrogen-bond acceptors (Lipinski definition) is 2. The second kappa shape index (κ2) is 4.59. The maximum Gasteiger partial charge on any atom is 0.308 e. The van der Waals surface area contributed by atoms with Gasteiger partial charge in [0.2, 0.25) is 0 Å². The zero-order valence-corrected chi connectivity index (χ0v) is 13.2. The van der Waals surface area contributed by atoms with Gasteiger partial charge < -0.3 is 9.67 Å². The molecule has 2 aliphatic rings. The molecule has 0 amide bonds. The number of aliphatic carboxylic acids is 1. The van der Waals surface area contributed by atoms with Crippen LogP contribution in [0.15, 0.2) is 24.3 Å². The average molecular weight is 298 g/mol. The Bertz CT molecular complexity index is 764. The van der Waals surface area contributed by atoms with Crippen molar-refractivity contribution in [2.45, 2.75) is 31.7 Å². The van der Waals surface area contributed by atoms with Crippen LogP contribution in [0.4, 0.5) is 0 Å². The first kappa shape index (κ1) is 13.8. The lowest BCUT2D eigenvalue weighted by Gasteiger charge is -2.51. The molecule has 0 radical (unpaired) electrons. The second-order valence-corrected chi connectivity index (χ2v) is 6.82. The maximum atomic E-state index is 11.9. The highest BCUT2D eigenvalue weighted by Crippen LogP contribution is 2.48. The first-order valence-corrected chi connectivity index (χ1v) is 8.09. The third kappa shape index (κ3) is 1.59. The number of aryl methyl sites for hydroxylation is 1. The average Bonchev–Trinajstić information content (AvgIpc) is 2.80. The Morgan fingerprint density at radius 1 is 1.32 bits per heavy atom. The van der Waals surface area contributed by atoms with Crippen LogP contribution in [0.5, 0.6) is 0 Å². The lowest BCUT2D eigenvalue weighted by molar-refractivity contribution is -0.152. The number of hydrogen-bond donors (Lipinski definition) is 1. The van der Waals surface area contributed by atoms with Gasteiger partial charge in [-0.05, 0) is 44.4 Å². The highest BCUT2D eigenvalue weighted by Gasteiger charge is 2.51. The highest BCUT2D eigenvalue weighted by molar-refractivity contribution is 5.87. The van der Waals surface area contributed by atoms with Gasteiger partial charge in [-0.15, -0.1) is 0 Å². The van der Waals surface area contributed by atoms with Gasteiger partial charge in [-0.1, -0.05) is 18.2 Å². The molecule has 116 valence electrons. The summed E-state index contributed by atoms with van der Waals surface area (Å²) in [5.41, 5.74) is 3.38. The Labute approximate surface area is 130 Å². The van der Waals surface area contributed by atoms with Crippen LogP contribution >= 0.6 is 0 Å². The van der Waals surface area contributed by atoms with Crippen molar-refractivity contribution < 1.29 is 9.90 Å². The van der Waals surface area contributed by atoms with Crippen molar-refractivity contribution in [1.82, 2.24) is 9.47 Å². The molecule has 1 saturated heterocycles. The zero-order valence-electron chi connectivity index (χ0n) is 13.2. The van der Waals surface area contributed by atoms with Crippen molar-refractivity contribution >= 4 is 16.9 Å². The van der Waals surface area contributed by atoms with Crippen molar-refractivity contribution in [3.8, 4) is 0 Å². The Morgan fingerprint density at radius 2 is 2.09 bits per heavy atom. The molecule has 4 heteroatoms. The molecule has 2 aromatic rings. The van der Waals surface area contributed by atoms with Crippen molar-refractivity contribution in [3.05, 3.63) is 35.5 Å². The summed E-state index contributed by atoms with van der Waals surface area (Å²) in [5.74, 6) is -0.992. The van der Waals surface area contributed by atoms with Crippen LogP contribution in [-0.4, -0.2) is 33.6 Å². The summed E-state index contributed by atoms with van der Waals surface area (Å²) in [6, 6.07) is 8.45. The molecular weight excluding hydrogens is 276 g/mol. The van der Waals surface area contributed by atoms with Crippen LogP contribution in [-0.2, 0) is 23.8 Å². The number of carboxylic acid groups (broad SMARTS) is 1. The van der Waals surface area contributed by atoms with E-state index >= 15 is 0 Å². The summed E-state index contributed by atoms with van der Waals surface area (Å²) in [6.07, 6.45) is 2.76. The standard InChI is InChI=1S/C18H22N2O2/c1-18-14(17(21)22)7-5-10-20(18)11-9-13-12-6-3-4-8-15(12)19(2)16(13)18/h3-4,6,8,14H,5,7,9-11H2,1-2H3,(H,21,22). The van der Waals surface area contributed by atoms with Crippen molar-refractivity contribution in [2.75, 3.05) is 13.1 Å².